The zero-order valence-corrected chi connectivity index (χ0v) is 19.1. The van der Waals surface area contributed by atoms with Crippen molar-refractivity contribution >= 4 is 16.6 Å². The van der Waals surface area contributed by atoms with Gasteiger partial charge in [-0.1, -0.05) is 24.3 Å². The molecular formula is C27H31NO4. The Hall–Kier alpha value is -3.05. The van der Waals surface area contributed by atoms with Crippen LogP contribution in [0.4, 0.5) is 0 Å². The van der Waals surface area contributed by atoms with Crippen LogP contribution >= 0.6 is 0 Å². The Bertz CT molecular complexity index is 1090. The minimum atomic E-state index is 0.0462. The Morgan fingerprint density at radius 3 is 2.47 bits per heavy atom. The molecule has 3 aromatic rings. The highest BCUT2D eigenvalue weighted by molar-refractivity contribution is 6.01. The van der Waals surface area contributed by atoms with Gasteiger partial charge in [-0.25, -0.2) is 0 Å². The Balaban J connectivity index is 1.40. The fourth-order valence-corrected chi connectivity index (χ4v) is 4.54. The van der Waals surface area contributed by atoms with Gasteiger partial charge in [-0.3, -0.25) is 4.79 Å². The average molecular weight is 434 g/mol. The van der Waals surface area contributed by atoms with Crippen molar-refractivity contribution in [2.45, 2.75) is 19.3 Å². The van der Waals surface area contributed by atoms with Gasteiger partial charge < -0.3 is 19.1 Å². The van der Waals surface area contributed by atoms with Gasteiger partial charge in [0.05, 0.1) is 21.3 Å². The monoisotopic (exact) mass is 433 g/mol. The Labute approximate surface area is 189 Å². The number of Topliss-reactive ketones (excluding diaryl/α,β-unsaturated/α-hetero) is 1. The van der Waals surface area contributed by atoms with E-state index in [-0.39, 0.29) is 11.7 Å². The quantitative estimate of drug-likeness (QED) is 0.468. The molecule has 1 unspecified atom stereocenters. The number of rotatable bonds is 8. The number of benzene rings is 3. The lowest BCUT2D eigenvalue weighted by atomic mass is 9.89. The first kappa shape index (κ1) is 22.2. The van der Waals surface area contributed by atoms with Gasteiger partial charge in [0.1, 0.15) is 5.75 Å². The number of fused-ring (bicyclic) bond motifs is 1. The van der Waals surface area contributed by atoms with Gasteiger partial charge in [-0.05, 0) is 72.5 Å². The summed E-state index contributed by atoms with van der Waals surface area (Å²) in [6, 6.07) is 18.0. The van der Waals surface area contributed by atoms with Gasteiger partial charge in [-0.2, -0.15) is 0 Å². The predicted molar refractivity (Wildman–Crippen MR) is 127 cm³/mol. The minimum Gasteiger partial charge on any atom is -0.497 e. The number of methoxy groups -OCH3 is 3. The second-order valence-corrected chi connectivity index (χ2v) is 8.37. The number of ether oxygens (including phenoxy) is 3. The number of piperidine rings is 1. The molecule has 1 fully saturated rings. The number of hydrogen-bond acceptors (Lipinski definition) is 5. The number of carbonyl (C=O) groups is 1. The smallest absolute Gasteiger partial charge is 0.167 e. The van der Waals surface area contributed by atoms with Crippen molar-refractivity contribution in [3.05, 3.63) is 65.7 Å². The van der Waals surface area contributed by atoms with Crippen molar-refractivity contribution in [1.29, 1.82) is 0 Å². The molecule has 3 aromatic carbocycles. The van der Waals surface area contributed by atoms with Crippen molar-refractivity contribution in [1.82, 2.24) is 4.90 Å². The molecule has 0 amide bonds. The van der Waals surface area contributed by atoms with Crippen LogP contribution in [0, 0.1) is 5.92 Å². The number of hydrogen-bond donors (Lipinski definition) is 0. The fourth-order valence-electron chi connectivity index (χ4n) is 4.54. The second kappa shape index (κ2) is 10.0. The third-order valence-corrected chi connectivity index (χ3v) is 6.37. The topological polar surface area (TPSA) is 48.0 Å². The SMILES string of the molecule is COc1ccc2cc(C(=O)C3CCCN(CCc4ccc(OC)c(OC)c4)C3)ccc2c1. The standard InChI is InChI=1S/C27H31NO4/c1-30-24-10-9-20-16-22(8-7-21(20)17-24)27(29)23-5-4-13-28(18-23)14-12-19-6-11-25(31-2)26(15-19)32-3/h6-11,15-17,23H,4-5,12-14,18H2,1-3H3. The highest BCUT2D eigenvalue weighted by Gasteiger charge is 2.26. The molecule has 0 aromatic heterocycles. The molecule has 0 aliphatic carbocycles. The van der Waals surface area contributed by atoms with Gasteiger partial charge in [0.15, 0.2) is 17.3 Å². The van der Waals surface area contributed by atoms with Crippen LogP contribution in [-0.2, 0) is 6.42 Å². The zero-order valence-electron chi connectivity index (χ0n) is 19.1. The maximum atomic E-state index is 13.3. The van der Waals surface area contributed by atoms with Gasteiger partial charge >= 0.3 is 0 Å². The summed E-state index contributed by atoms with van der Waals surface area (Å²) in [7, 11) is 4.97. The molecule has 32 heavy (non-hydrogen) atoms. The molecule has 0 N–H and O–H groups in total. The average Bonchev–Trinajstić information content (AvgIpc) is 2.86. The van der Waals surface area contributed by atoms with Crippen molar-refractivity contribution in [3.8, 4) is 17.2 Å². The summed E-state index contributed by atoms with van der Waals surface area (Å²) >= 11 is 0. The van der Waals surface area contributed by atoms with Crippen molar-refractivity contribution in [2.24, 2.45) is 5.92 Å². The van der Waals surface area contributed by atoms with Crippen molar-refractivity contribution in [3.63, 3.8) is 0 Å². The van der Waals surface area contributed by atoms with Gasteiger partial charge in [-0.15, -0.1) is 0 Å². The molecule has 0 bridgehead atoms. The van der Waals surface area contributed by atoms with E-state index in [4.69, 9.17) is 14.2 Å². The molecule has 168 valence electrons. The maximum absolute atomic E-state index is 13.3. The first-order chi connectivity index (χ1) is 15.6. The molecule has 1 heterocycles. The summed E-state index contributed by atoms with van der Waals surface area (Å²) in [6.45, 7) is 2.78. The van der Waals surface area contributed by atoms with Crippen LogP contribution in [0.15, 0.2) is 54.6 Å². The predicted octanol–water partition coefficient (Wildman–Crippen LogP) is 5.00. The molecule has 0 saturated carbocycles. The van der Waals surface area contributed by atoms with Gasteiger partial charge in [0, 0.05) is 24.6 Å². The largest absolute Gasteiger partial charge is 0.497 e. The number of ketones is 1. The van der Waals surface area contributed by atoms with Crippen molar-refractivity contribution < 1.29 is 19.0 Å². The van der Waals surface area contributed by atoms with Gasteiger partial charge in [0.2, 0.25) is 0 Å². The molecule has 5 nitrogen and oxygen atoms in total. The van der Waals surface area contributed by atoms with E-state index >= 15 is 0 Å². The van der Waals surface area contributed by atoms with Crippen LogP contribution in [0.5, 0.6) is 17.2 Å². The second-order valence-electron chi connectivity index (χ2n) is 8.37. The lowest BCUT2D eigenvalue weighted by Crippen LogP contribution is -2.39. The summed E-state index contributed by atoms with van der Waals surface area (Å²) in [5.41, 5.74) is 2.01. The van der Waals surface area contributed by atoms with Crippen LogP contribution in [0.25, 0.3) is 10.8 Å². The lowest BCUT2D eigenvalue weighted by molar-refractivity contribution is 0.0821. The summed E-state index contributed by atoms with van der Waals surface area (Å²) in [4.78, 5) is 15.7. The summed E-state index contributed by atoms with van der Waals surface area (Å²) in [6.07, 6.45) is 2.92. The van der Waals surface area contributed by atoms with E-state index in [1.54, 1.807) is 21.3 Å². The maximum Gasteiger partial charge on any atom is 0.167 e. The van der Waals surface area contributed by atoms with Crippen LogP contribution in [-0.4, -0.2) is 51.6 Å². The molecule has 1 saturated heterocycles. The molecule has 1 aliphatic heterocycles. The summed E-state index contributed by atoms with van der Waals surface area (Å²) < 4.78 is 16.0. The summed E-state index contributed by atoms with van der Waals surface area (Å²) in [5, 5.41) is 2.15. The first-order valence-corrected chi connectivity index (χ1v) is 11.2. The molecule has 1 aliphatic rings. The number of nitrogens with zero attached hydrogens (tertiary/aromatic N) is 1. The van der Waals surface area contributed by atoms with Crippen LogP contribution in [0.3, 0.4) is 0 Å². The normalized spacial score (nSPS) is 16.7. The van der Waals surface area contributed by atoms with Crippen LogP contribution in [0.1, 0.15) is 28.8 Å². The highest BCUT2D eigenvalue weighted by atomic mass is 16.5. The van der Waals surface area contributed by atoms with E-state index in [1.165, 1.54) is 5.56 Å². The third kappa shape index (κ3) is 4.89. The minimum absolute atomic E-state index is 0.0462. The lowest BCUT2D eigenvalue weighted by Gasteiger charge is -2.32. The zero-order chi connectivity index (χ0) is 22.5. The van der Waals surface area contributed by atoms with Crippen molar-refractivity contribution in [2.75, 3.05) is 41.0 Å². The molecule has 0 radical (unpaired) electrons. The fraction of sp³-hybridized carbons (Fsp3) is 0.370. The van der Waals surface area contributed by atoms with E-state index < -0.39 is 0 Å². The third-order valence-electron chi connectivity index (χ3n) is 6.37. The van der Waals surface area contributed by atoms with Gasteiger partial charge in [0.25, 0.3) is 0 Å². The Morgan fingerprint density at radius 1 is 0.906 bits per heavy atom. The molecule has 4 rings (SSSR count). The van der Waals surface area contributed by atoms with Crippen LogP contribution in [0.2, 0.25) is 0 Å². The number of carbonyl (C=O) groups excluding carboxylic acids is 1. The molecule has 5 heteroatoms. The highest BCUT2D eigenvalue weighted by Crippen LogP contribution is 2.29. The number of likely N-dealkylation sites (tertiary alicyclic amines) is 1. The molecule has 0 spiro atoms. The van der Waals surface area contributed by atoms with E-state index in [0.717, 1.165) is 72.5 Å². The van der Waals surface area contributed by atoms with Crippen LogP contribution < -0.4 is 14.2 Å². The Kier molecular flexibility index (Phi) is 6.96. The van der Waals surface area contributed by atoms with E-state index in [2.05, 4.69) is 11.0 Å². The Morgan fingerprint density at radius 2 is 1.69 bits per heavy atom. The van der Waals surface area contributed by atoms with E-state index in [1.807, 2.05) is 48.5 Å². The molecular weight excluding hydrogens is 402 g/mol. The molecule has 1 atom stereocenters. The van der Waals surface area contributed by atoms with E-state index in [0.29, 0.717) is 0 Å². The first-order valence-electron chi connectivity index (χ1n) is 11.2. The van der Waals surface area contributed by atoms with E-state index in [9.17, 15) is 4.79 Å². The summed E-state index contributed by atoms with van der Waals surface area (Å²) in [5.74, 6) is 2.62.